The van der Waals surface area contributed by atoms with Crippen molar-refractivity contribution < 1.29 is 26.1 Å². The van der Waals surface area contributed by atoms with Crippen LogP contribution >= 0.6 is 22.9 Å². The Bertz CT molecular complexity index is 1380. The summed E-state index contributed by atoms with van der Waals surface area (Å²) in [5.41, 5.74) is -0.416. The van der Waals surface area contributed by atoms with Crippen molar-refractivity contribution in [2.75, 3.05) is 11.4 Å². The fraction of sp³-hybridized carbons (Fsp3) is 0.100. The minimum atomic E-state index is -4.53. The van der Waals surface area contributed by atoms with Crippen LogP contribution < -0.4 is 4.31 Å². The van der Waals surface area contributed by atoms with E-state index in [1.807, 2.05) is 0 Å². The van der Waals surface area contributed by atoms with Gasteiger partial charge in [0.2, 0.25) is 5.82 Å². The monoisotopic (exact) mass is 499 g/mol. The van der Waals surface area contributed by atoms with Crippen molar-refractivity contribution in [2.45, 2.75) is 11.1 Å². The van der Waals surface area contributed by atoms with E-state index in [1.54, 1.807) is 23.6 Å². The molecule has 0 fully saturated rings. The quantitative estimate of drug-likeness (QED) is 0.338. The van der Waals surface area contributed by atoms with Crippen LogP contribution in [-0.4, -0.2) is 25.6 Å². The second-order valence-corrected chi connectivity index (χ2v) is 9.86. The normalized spacial score (nSPS) is 12.2. The fourth-order valence-electron chi connectivity index (χ4n) is 2.88. The van der Waals surface area contributed by atoms with E-state index in [0.29, 0.717) is 10.7 Å². The van der Waals surface area contributed by atoms with Gasteiger partial charge < -0.3 is 4.52 Å². The van der Waals surface area contributed by atoms with Gasteiger partial charge in [-0.2, -0.15) is 18.2 Å². The third-order valence-electron chi connectivity index (χ3n) is 4.51. The molecule has 2 aromatic heterocycles. The van der Waals surface area contributed by atoms with E-state index in [2.05, 4.69) is 10.1 Å². The summed E-state index contributed by atoms with van der Waals surface area (Å²) in [5, 5.41) is 5.65. The average molecular weight is 500 g/mol. The van der Waals surface area contributed by atoms with Gasteiger partial charge in [-0.15, -0.1) is 11.3 Å². The number of benzene rings is 2. The lowest BCUT2D eigenvalue weighted by Crippen LogP contribution is -2.26. The first-order valence-corrected chi connectivity index (χ1v) is 11.6. The molecule has 4 rings (SSSR count). The molecule has 166 valence electrons. The lowest BCUT2D eigenvalue weighted by molar-refractivity contribution is -0.137. The lowest BCUT2D eigenvalue weighted by atomic mass is 10.1. The first-order valence-electron chi connectivity index (χ1n) is 8.91. The van der Waals surface area contributed by atoms with Crippen LogP contribution in [0.2, 0.25) is 5.02 Å². The van der Waals surface area contributed by atoms with Crippen LogP contribution in [0.25, 0.3) is 22.2 Å². The zero-order valence-corrected chi connectivity index (χ0v) is 18.6. The number of nitrogens with zero attached hydrogens (tertiary/aromatic N) is 3. The van der Waals surface area contributed by atoms with Crippen LogP contribution in [0.1, 0.15) is 5.56 Å². The van der Waals surface area contributed by atoms with Gasteiger partial charge in [-0.05, 0) is 41.8 Å². The van der Waals surface area contributed by atoms with Crippen molar-refractivity contribution in [3.8, 4) is 22.2 Å². The molecular formula is C20H13ClF3N3O3S2. The predicted octanol–water partition coefficient (Wildman–Crippen LogP) is 5.96. The number of halogens is 4. The number of alkyl halides is 3. The van der Waals surface area contributed by atoms with E-state index in [4.69, 9.17) is 16.1 Å². The van der Waals surface area contributed by atoms with Crippen LogP contribution in [0.15, 0.2) is 69.4 Å². The highest BCUT2D eigenvalue weighted by Gasteiger charge is 2.31. The molecule has 0 radical (unpaired) electrons. The number of hydrogen-bond acceptors (Lipinski definition) is 6. The van der Waals surface area contributed by atoms with E-state index >= 15 is 0 Å². The molecule has 6 nitrogen and oxygen atoms in total. The Morgan fingerprint density at radius 2 is 1.84 bits per heavy atom. The van der Waals surface area contributed by atoms with Gasteiger partial charge in [-0.25, -0.2) is 8.42 Å². The summed E-state index contributed by atoms with van der Waals surface area (Å²) in [5.74, 6) is -0.212. The summed E-state index contributed by atoms with van der Waals surface area (Å²) >= 11 is 7.02. The van der Waals surface area contributed by atoms with Gasteiger partial charge in [-0.3, -0.25) is 4.31 Å². The largest absolute Gasteiger partial charge is 0.416 e. The summed E-state index contributed by atoms with van der Waals surface area (Å²) in [6.07, 6.45) is -4.53. The molecule has 0 atom stereocenters. The Morgan fingerprint density at radius 3 is 2.56 bits per heavy atom. The Morgan fingerprint density at radius 1 is 1.09 bits per heavy atom. The van der Waals surface area contributed by atoms with Crippen LogP contribution in [-0.2, 0) is 16.2 Å². The topological polar surface area (TPSA) is 76.3 Å². The standard InChI is InChI=1S/C20H13ClF3N3O3S2/c1-27(15-7-3-6-14(21)11-15)32(28,29)16-8-9-31-17(16)19-25-18(26-30-19)12-4-2-5-13(10-12)20(22,23)24/h2-11H,1H3. The Kier molecular flexibility index (Phi) is 5.74. The number of anilines is 1. The van der Waals surface area contributed by atoms with E-state index in [1.165, 1.54) is 31.3 Å². The molecule has 0 aliphatic heterocycles. The Hall–Kier alpha value is -2.89. The molecule has 32 heavy (non-hydrogen) atoms. The molecule has 12 heteroatoms. The molecule has 0 aliphatic rings. The smallest absolute Gasteiger partial charge is 0.333 e. The van der Waals surface area contributed by atoms with Crippen LogP contribution in [0.5, 0.6) is 0 Å². The van der Waals surface area contributed by atoms with Gasteiger partial charge in [0.1, 0.15) is 9.77 Å². The first-order chi connectivity index (χ1) is 15.1. The third-order valence-corrected chi connectivity index (χ3v) is 7.60. The summed E-state index contributed by atoms with van der Waals surface area (Å²) in [7, 11) is -2.64. The van der Waals surface area contributed by atoms with Crippen LogP contribution in [0.3, 0.4) is 0 Å². The molecule has 0 amide bonds. The van der Waals surface area contributed by atoms with Gasteiger partial charge in [0.25, 0.3) is 15.9 Å². The molecule has 0 N–H and O–H groups in total. The fourth-order valence-corrected chi connectivity index (χ4v) is 5.57. The molecule has 2 aromatic carbocycles. The molecule has 4 aromatic rings. The maximum atomic E-state index is 13.2. The molecular weight excluding hydrogens is 487 g/mol. The van der Waals surface area contributed by atoms with E-state index in [0.717, 1.165) is 27.8 Å². The lowest BCUT2D eigenvalue weighted by Gasteiger charge is -2.19. The van der Waals surface area contributed by atoms with Crippen molar-refractivity contribution in [2.24, 2.45) is 0 Å². The molecule has 0 saturated carbocycles. The molecule has 0 aliphatic carbocycles. The maximum Gasteiger partial charge on any atom is 0.416 e. The van der Waals surface area contributed by atoms with E-state index in [-0.39, 0.29) is 27.1 Å². The van der Waals surface area contributed by atoms with Gasteiger partial charge in [0, 0.05) is 17.6 Å². The summed E-state index contributed by atoms with van der Waals surface area (Å²) < 4.78 is 71.7. The van der Waals surface area contributed by atoms with Gasteiger partial charge >= 0.3 is 6.18 Å². The van der Waals surface area contributed by atoms with Crippen molar-refractivity contribution in [1.29, 1.82) is 0 Å². The number of aromatic nitrogens is 2. The highest BCUT2D eigenvalue weighted by molar-refractivity contribution is 7.93. The molecule has 2 heterocycles. The van der Waals surface area contributed by atoms with Gasteiger partial charge in [0.05, 0.1) is 11.3 Å². The Balaban J connectivity index is 1.70. The summed E-state index contributed by atoms with van der Waals surface area (Å²) in [6.45, 7) is 0. The molecule has 0 spiro atoms. The highest BCUT2D eigenvalue weighted by atomic mass is 35.5. The second kappa shape index (κ2) is 8.23. The molecule has 0 saturated heterocycles. The first kappa shape index (κ1) is 22.3. The van der Waals surface area contributed by atoms with Gasteiger partial charge in [0.15, 0.2) is 0 Å². The van der Waals surface area contributed by atoms with E-state index < -0.39 is 21.8 Å². The second-order valence-electron chi connectivity index (χ2n) is 6.57. The number of sulfonamides is 1. The minimum absolute atomic E-state index is 0.0794. The maximum absolute atomic E-state index is 13.2. The predicted molar refractivity (Wildman–Crippen MR) is 115 cm³/mol. The number of rotatable bonds is 5. The van der Waals surface area contributed by atoms with Crippen molar-refractivity contribution in [3.05, 3.63) is 70.6 Å². The van der Waals surface area contributed by atoms with Crippen LogP contribution in [0, 0.1) is 0 Å². The molecule has 0 unspecified atom stereocenters. The summed E-state index contributed by atoms with van der Waals surface area (Å²) in [6, 6.07) is 12.2. The zero-order valence-electron chi connectivity index (χ0n) is 16.2. The van der Waals surface area contributed by atoms with Gasteiger partial charge in [-0.1, -0.05) is 35.0 Å². The minimum Gasteiger partial charge on any atom is -0.333 e. The number of hydrogen-bond donors (Lipinski definition) is 0. The number of thiophene rings is 1. The van der Waals surface area contributed by atoms with Crippen LogP contribution in [0.4, 0.5) is 18.9 Å². The summed E-state index contributed by atoms with van der Waals surface area (Å²) in [4.78, 5) is 4.22. The van der Waals surface area contributed by atoms with Crippen molar-refractivity contribution in [1.82, 2.24) is 10.1 Å². The zero-order chi connectivity index (χ0) is 23.1. The van der Waals surface area contributed by atoms with Crippen molar-refractivity contribution >= 4 is 38.6 Å². The third kappa shape index (κ3) is 4.23. The Labute approximate surface area is 189 Å². The average Bonchev–Trinajstić information content (AvgIpc) is 3.42. The SMILES string of the molecule is CN(c1cccc(Cl)c1)S(=O)(=O)c1ccsc1-c1nc(-c2cccc(C(F)(F)F)c2)no1. The molecule has 0 bridgehead atoms. The van der Waals surface area contributed by atoms with E-state index in [9.17, 15) is 21.6 Å². The van der Waals surface area contributed by atoms with Crippen molar-refractivity contribution in [3.63, 3.8) is 0 Å². The highest BCUT2D eigenvalue weighted by Crippen LogP contribution is 2.36.